The fourth-order valence-corrected chi connectivity index (χ4v) is 2.38. The van der Waals surface area contributed by atoms with Crippen LogP contribution in [0.5, 0.6) is 0 Å². The minimum atomic E-state index is -0.263. The van der Waals surface area contributed by atoms with Crippen molar-refractivity contribution in [3.05, 3.63) is 23.6 Å². The molecule has 118 valence electrons. The van der Waals surface area contributed by atoms with E-state index in [-0.39, 0.29) is 17.5 Å². The first kappa shape index (κ1) is 16.2. The molecule has 1 aliphatic rings. The summed E-state index contributed by atoms with van der Waals surface area (Å²) in [6.07, 6.45) is 2.90. The summed E-state index contributed by atoms with van der Waals surface area (Å²) in [7, 11) is 0. The van der Waals surface area contributed by atoms with E-state index in [1.54, 1.807) is 12.3 Å². The minimum Gasteiger partial charge on any atom is -0.378 e. The molecule has 0 saturated carbocycles. The molecule has 5 heteroatoms. The fraction of sp³-hybridized carbons (Fsp3) is 0.688. The zero-order valence-electron chi connectivity index (χ0n) is 13.4. The molecule has 1 fully saturated rings. The lowest BCUT2D eigenvalue weighted by Crippen LogP contribution is -2.35. The van der Waals surface area contributed by atoms with Crippen LogP contribution in [0.15, 0.2) is 12.3 Å². The van der Waals surface area contributed by atoms with Crippen molar-refractivity contribution in [1.82, 2.24) is 10.3 Å². The number of ether oxygens (including phenoxy) is 1. The molecule has 1 aromatic rings. The summed E-state index contributed by atoms with van der Waals surface area (Å²) in [5.74, 6) is 0.491. The van der Waals surface area contributed by atoms with E-state index in [2.05, 4.69) is 43.3 Å². The Morgan fingerprint density at radius 3 is 2.81 bits per heavy atom. The van der Waals surface area contributed by atoms with Crippen LogP contribution in [0.3, 0.4) is 0 Å². The van der Waals surface area contributed by atoms with Gasteiger partial charge in [0, 0.05) is 42.9 Å². The number of nitrogens with zero attached hydrogens (tertiary/aromatic N) is 1. The zero-order chi connectivity index (χ0) is 15.5. The second-order valence-electron chi connectivity index (χ2n) is 6.74. The largest absolute Gasteiger partial charge is 0.378 e. The van der Waals surface area contributed by atoms with Gasteiger partial charge in [0.1, 0.15) is 0 Å². The topological polar surface area (TPSA) is 46.2 Å². The van der Waals surface area contributed by atoms with Crippen LogP contribution < -0.4 is 10.6 Å². The third-order valence-electron chi connectivity index (χ3n) is 3.84. The summed E-state index contributed by atoms with van der Waals surface area (Å²) in [6, 6.07) is 1.72. The molecule has 2 atom stereocenters. The highest BCUT2D eigenvalue weighted by molar-refractivity contribution is 5.40. The Balaban J connectivity index is 1.97. The maximum atomic E-state index is 14.4. The van der Waals surface area contributed by atoms with Gasteiger partial charge in [0.05, 0.1) is 6.10 Å². The third kappa shape index (κ3) is 4.64. The Kier molecular flexibility index (Phi) is 5.17. The van der Waals surface area contributed by atoms with Gasteiger partial charge in [-0.2, -0.15) is 0 Å². The maximum Gasteiger partial charge on any atom is 0.169 e. The van der Waals surface area contributed by atoms with Gasteiger partial charge in [-0.05, 0) is 40.2 Å². The summed E-state index contributed by atoms with van der Waals surface area (Å²) in [4.78, 5) is 4.11. The fourth-order valence-electron chi connectivity index (χ4n) is 2.38. The average Bonchev–Trinajstić information content (AvgIpc) is 2.81. The molecule has 0 radical (unpaired) electrons. The van der Waals surface area contributed by atoms with Gasteiger partial charge in [-0.3, -0.25) is 0 Å². The van der Waals surface area contributed by atoms with Gasteiger partial charge in [-0.25, -0.2) is 9.37 Å². The molecule has 0 amide bonds. The second kappa shape index (κ2) is 6.71. The van der Waals surface area contributed by atoms with Crippen LogP contribution in [0.4, 0.5) is 10.2 Å². The first-order valence-corrected chi connectivity index (χ1v) is 7.61. The smallest absolute Gasteiger partial charge is 0.169 e. The van der Waals surface area contributed by atoms with Crippen molar-refractivity contribution in [2.24, 2.45) is 5.92 Å². The van der Waals surface area contributed by atoms with Gasteiger partial charge >= 0.3 is 0 Å². The normalized spacial score (nSPS) is 22.5. The lowest BCUT2D eigenvalue weighted by atomic mass is 10.0. The third-order valence-corrected chi connectivity index (χ3v) is 3.84. The van der Waals surface area contributed by atoms with E-state index in [0.717, 1.165) is 13.0 Å². The standard InChI is InChI=1S/C16H26FN3O/c1-11-12(6-8-21-11)9-19-15-14(17)13(5-7-18-15)10-20-16(2,3)4/h5,7,11-12,20H,6,8-10H2,1-4H3,(H,18,19). The average molecular weight is 295 g/mol. The Morgan fingerprint density at radius 2 is 2.19 bits per heavy atom. The number of hydrogen-bond acceptors (Lipinski definition) is 4. The molecule has 1 aromatic heterocycles. The number of anilines is 1. The van der Waals surface area contributed by atoms with Crippen molar-refractivity contribution < 1.29 is 9.13 Å². The summed E-state index contributed by atoms with van der Waals surface area (Å²) in [5.41, 5.74) is 0.595. The van der Waals surface area contributed by atoms with Crippen LogP contribution in [-0.2, 0) is 11.3 Å². The van der Waals surface area contributed by atoms with E-state index in [9.17, 15) is 4.39 Å². The monoisotopic (exact) mass is 295 g/mol. The van der Waals surface area contributed by atoms with E-state index < -0.39 is 0 Å². The molecule has 2 heterocycles. The second-order valence-corrected chi connectivity index (χ2v) is 6.74. The molecule has 2 unspecified atom stereocenters. The van der Waals surface area contributed by atoms with Crippen molar-refractivity contribution in [1.29, 1.82) is 0 Å². The Bertz CT molecular complexity index is 473. The number of halogens is 1. The number of nitrogens with one attached hydrogen (secondary N) is 2. The van der Waals surface area contributed by atoms with Gasteiger partial charge in [0.2, 0.25) is 0 Å². The minimum absolute atomic E-state index is 0.0417. The lowest BCUT2D eigenvalue weighted by Gasteiger charge is -2.21. The van der Waals surface area contributed by atoms with Crippen molar-refractivity contribution in [3.8, 4) is 0 Å². The van der Waals surface area contributed by atoms with Crippen LogP contribution in [0.1, 0.15) is 39.7 Å². The number of hydrogen-bond donors (Lipinski definition) is 2. The molecule has 2 N–H and O–H groups in total. The van der Waals surface area contributed by atoms with E-state index >= 15 is 0 Å². The van der Waals surface area contributed by atoms with Crippen LogP contribution in [0.25, 0.3) is 0 Å². The molecule has 21 heavy (non-hydrogen) atoms. The quantitative estimate of drug-likeness (QED) is 0.877. The predicted molar refractivity (Wildman–Crippen MR) is 82.8 cm³/mol. The molecular weight excluding hydrogens is 269 g/mol. The Hall–Kier alpha value is -1.20. The summed E-state index contributed by atoms with van der Waals surface area (Å²) in [5, 5.41) is 6.42. The van der Waals surface area contributed by atoms with E-state index in [4.69, 9.17) is 4.74 Å². The number of rotatable bonds is 5. The van der Waals surface area contributed by atoms with Crippen molar-refractivity contribution in [2.75, 3.05) is 18.5 Å². The van der Waals surface area contributed by atoms with Crippen LogP contribution >= 0.6 is 0 Å². The zero-order valence-corrected chi connectivity index (χ0v) is 13.4. The molecule has 0 aromatic carbocycles. The van der Waals surface area contributed by atoms with Crippen LogP contribution in [0, 0.1) is 11.7 Å². The van der Waals surface area contributed by atoms with Crippen molar-refractivity contribution >= 4 is 5.82 Å². The van der Waals surface area contributed by atoms with E-state index in [0.29, 0.717) is 30.4 Å². The van der Waals surface area contributed by atoms with E-state index in [1.807, 2.05) is 0 Å². The lowest BCUT2D eigenvalue weighted by molar-refractivity contribution is 0.108. The predicted octanol–water partition coefficient (Wildman–Crippen LogP) is 2.95. The van der Waals surface area contributed by atoms with Gasteiger partial charge in [0.25, 0.3) is 0 Å². The molecule has 2 rings (SSSR count). The highest BCUT2D eigenvalue weighted by atomic mass is 19.1. The Labute approximate surface area is 126 Å². The molecule has 0 bridgehead atoms. The summed E-state index contributed by atoms with van der Waals surface area (Å²) >= 11 is 0. The van der Waals surface area contributed by atoms with Gasteiger partial charge in [0.15, 0.2) is 11.6 Å². The van der Waals surface area contributed by atoms with Crippen LogP contribution in [-0.4, -0.2) is 29.8 Å². The SMILES string of the molecule is CC1OCCC1CNc1nccc(CNC(C)(C)C)c1F. The highest BCUT2D eigenvalue weighted by Crippen LogP contribution is 2.22. The summed E-state index contributed by atoms with van der Waals surface area (Å²) < 4.78 is 19.9. The first-order chi connectivity index (χ1) is 9.87. The van der Waals surface area contributed by atoms with Gasteiger partial charge in [-0.1, -0.05) is 0 Å². The molecular formula is C16H26FN3O. The Morgan fingerprint density at radius 1 is 1.43 bits per heavy atom. The van der Waals surface area contributed by atoms with Crippen LogP contribution in [0.2, 0.25) is 0 Å². The van der Waals surface area contributed by atoms with Gasteiger partial charge in [-0.15, -0.1) is 0 Å². The molecule has 0 spiro atoms. The number of pyridine rings is 1. The van der Waals surface area contributed by atoms with Crippen molar-refractivity contribution in [2.45, 2.75) is 52.3 Å². The highest BCUT2D eigenvalue weighted by Gasteiger charge is 2.24. The summed E-state index contributed by atoms with van der Waals surface area (Å²) in [6.45, 7) is 10.2. The van der Waals surface area contributed by atoms with Crippen molar-refractivity contribution in [3.63, 3.8) is 0 Å². The molecule has 1 saturated heterocycles. The molecule has 0 aliphatic carbocycles. The van der Waals surface area contributed by atoms with Gasteiger partial charge < -0.3 is 15.4 Å². The maximum absolute atomic E-state index is 14.4. The first-order valence-electron chi connectivity index (χ1n) is 7.61. The number of aromatic nitrogens is 1. The van der Waals surface area contributed by atoms with E-state index in [1.165, 1.54) is 0 Å². The molecule has 4 nitrogen and oxygen atoms in total. The molecule has 1 aliphatic heterocycles.